The van der Waals surface area contributed by atoms with E-state index in [1.807, 2.05) is 19.1 Å². The van der Waals surface area contributed by atoms with E-state index in [0.717, 1.165) is 39.9 Å². The first-order valence-electron chi connectivity index (χ1n) is 8.82. The Morgan fingerprint density at radius 2 is 1.76 bits per heavy atom. The molecule has 0 atom stereocenters. The summed E-state index contributed by atoms with van der Waals surface area (Å²) >= 11 is 0. The van der Waals surface area contributed by atoms with Gasteiger partial charge in [0.15, 0.2) is 0 Å². The van der Waals surface area contributed by atoms with E-state index in [2.05, 4.69) is 36.3 Å². The van der Waals surface area contributed by atoms with Crippen LogP contribution in [0.15, 0.2) is 42.5 Å². The number of hydrogen-bond acceptors (Lipinski definition) is 4. The van der Waals surface area contributed by atoms with Gasteiger partial charge in [-0.05, 0) is 56.7 Å². The van der Waals surface area contributed by atoms with Crippen LogP contribution in [0.2, 0.25) is 0 Å². The lowest BCUT2D eigenvalue weighted by molar-refractivity contribution is -0.115. The Hall–Kier alpha value is -3.12. The number of benzene rings is 2. The topological polar surface area (TPSA) is 82.5 Å². The van der Waals surface area contributed by atoms with Crippen molar-refractivity contribution in [3.05, 3.63) is 64.8 Å². The summed E-state index contributed by atoms with van der Waals surface area (Å²) in [7, 11) is 3.38. The highest BCUT2D eigenvalue weighted by Crippen LogP contribution is 2.29. The SMILES string of the molecule is CN(C)C=O.Cc1cc(C)c2nc(C)cc(Nc3cccc(C(=O)O)c3)c2c1.Cl. The predicted octanol–water partition coefficient (Wildman–Crippen LogP) is 4.73. The Bertz CT molecular complexity index is 1020. The molecule has 0 saturated carbocycles. The van der Waals surface area contributed by atoms with Crippen LogP contribution in [0.4, 0.5) is 11.4 Å². The quantitative estimate of drug-likeness (QED) is 0.602. The molecule has 0 radical (unpaired) electrons. The van der Waals surface area contributed by atoms with Crippen molar-refractivity contribution in [1.82, 2.24) is 9.88 Å². The summed E-state index contributed by atoms with van der Waals surface area (Å²) in [5.41, 5.74) is 6.12. The predicted molar refractivity (Wildman–Crippen MR) is 120 cm³/mol. The van der Waals surface area contributed by atoms with Crippen LogP contribution in [0.25, 0.3) is 10.9 Å². The molecule has 1 heterocycles. The van der Waals surface area contributed by atoms with E-state index in [1.165, 1.54) is 10.5 Å². The van der Waals surface area contributed by atoms with Gasteiger partial charge in [0.1, 0.15) is 0 Å². The highest BCUT2D eigenvalue weighted by atomic mass is 35.5. The molecule has 0 aliphatic rings. The summed E-state index contributed by atoms with van der Waals surface area (Å²) in [5, 5.41) is 13.5. The van der Waals surface area contributed by atoms with Crippen molar-refractivity contribution in [2.75, 3.05) is 19.4 Å². The molecule has 0 saturated heterocycles. The Morgan fingerprint density at radius 3 is 2.34 bits per heavy atom. The van der Waals surface area contributed by atoms with Gasteiger partial charge in [0.05, 0.1) is 11.1 Å². The lowest BCUT2D eigenvalue weighted by Gasteiger charge is -2.13. The summed E-state index contributed by atoms with van der Waals surface area (Å²) in [5.74, 6) is -0.934. The highest BCUT2D eigenvalue weighted by molar-refractivity contribution is 5.96. The van der Waals surface area contributed by atoms with Gasteiger partial charge < -0.3 is 15.3 Å². The fourth-order valence-electron chi connectivity index (χ4n) is 2.80. The van der Waals surface area contributed by atoms with Gasteiger partial charge in [-0.1, -0.05) is 17.7 Å². The van der Waals surface area contributed by atoms with Crippen LogP contribution < -0.4 is 5.32 Å². The third-order valence-electron chi connectivity index (χ3n) is 3.98. The average Bonchev–Trinajstić information content (AvgIpc) is 2.63. The molecular weight excluding hydrogens is 390 g/mol. The zero-order valence-electron chi connectivity index (χ0n) is 17.2. The first-order valence-corrected chi connectivity index (χ1v) is 8.82. The van der Waals surface area contributed by atoms with E-state index < -0.39 is 5.97 Å². The number of fused-ring (bicyclic) bond motifs is 1. The number of aromatic nitrogens is 1. The van der Waals surface area contributed by atoms with Crippen molar-refractivity contribution in [3.8, 4) is 0 Å². The number of carboxylic acids is 1. The molecule has 0 fully saturated rings. The molecule has 0 bridgehead atoms. The fraction of sp³-hybridized carbons (Fsp3) is 0.227. The minimum atomic E-state index is -0.934. The second kappa shape index (κ2) is 10.4. The molecule has 0 aliphatic heterocycles. The standard InChI is InChI=1S/C19H18N2O2.C3H7NO.ClH/c1-11-7-12(2)18-16(8-11)17(9-13(3)20-18)21-15-6-4-5-14(10-15)19(22)23;1-4(2)3-5;/h4-10H,1-3H3,(H,20,21)(H,22,23);3H,1-2H3;1H. The number of amides is 1. The fourth-order valence-corrected chi connectivity index (χ4v) is 2.80. The number of halogens is 1. The first-order chi connectivity index (χ1) is 13.2. The van der Waals surface area contributed by atoms with Crippen LogP contribution >= 0.6 is 12.4 Å². The molecule has 0 spiro atoms. The van der Waals surface area contributed by atoms with Gasteiger partial charge in [0.25, 0.3) is 0 Å². The maximum Gasteiger partial charge on any atom is 0.335 e. The normalized spacial score (nSPS) is 9.69. The van der Waals surface area contributed by atoms with Crippen LogP contribution in [0.3, 0.4) is 0 Å². The van der Waals surface area contributed by atoms with E-state index >= 15 is 0 Å². The lowest BCUT2D eigenvalue weighted by Crippen LogP contribution is -2.06. The molecule has 29 heavy (non-hydrogen) atoms. The van der Waals surface area contributed by atoms with Gasteiger partial charge in [-0.2, -0.15) is 0 Å². The van der Waals surface area contributed by atoms with Crippen LogP contribution in [-0.4, -0.2) is 41.5 Å². The number of carbonyl (C=O) groups excluding carboxylic acids is 1. The van der Waals surface area contributed by atoms with E-state index in [1.54, 1.807) is 32.3 Å². The minimum Gasteiger partial charge on any atom is -0.478 e. The van der Waals surface area contributed by atoms with Crippen molar-refractivity contribution in [2.24, 2.45) is 0 Å². The molecule has 2 N–H and O–H groups in total. The molecule has 154 valence electrons. The number of nitrogens with zero attached hydrogens (tertiary/aromatic N) is 2. The molecule has 2 aromatic carbocycles. The molecule has 1 aromatic heterocycles. The van der Waals surface area contributed by atoms with Gasteiger partial charge in [-0.15, -0.1) is 12.4 Å². The van der Waals surface area contributed by atoms with Crippen molar-refractivity contribution in [2.45, 2.75) is 20.8 Å². The second-order valence-electron chi connectivity index (χ2n) is 6.87. The number of anilines is 2. The summed E-state index contributed by atoms with van der Waals surface area (Å²) in [6.45, 7) is 6.06. The van der Waals surface area contributed by atoms with Crippen molar-refractivity contribution in [1.29, 1.82) is 0 Å². The number of aryl methyl sites for hydroxylation is 3. The number of nitrogens with one attached hydrogen (secondary N) is 1. The third kappa shape index (κ3) is 6.47. The lowest BCUT2D eigenvalue weighted by atomic mass is 10.0. The minimum absolute atomic E-state index is 0. The molecule has 7 heteroatoms. The van der Waals surface area contributed by atoms with Crippen LogP contribution in [0.1, 0.15) is 27.2 Å². The molecule has 1 amide bonds. The van der Waals surface area contributed by atoms with Crippen LogP contribution in [0, 0.1) is 20.8 Å². The maximum atomic E-state index is 11.1. The van der Waals surface area contributed by atoms with Crippen LogP contribution in [0.5, 0.6) is 0 Å². The van der Waals surface area contributed by atoms with E-state index in [0.29, 0.717) is 0 Å². The summed E-state index contributed by atoms with van der Waals surface area (Å²) in [6, 6.07) is 13.0. The first kappa shape index (κ1) is 23.9. The number of carboxylic acid groups (broad SMARTS) is 1. The summed E-state index contributed by atoms with van der Waals surface area (Å²) < 4.78 is 0. The number of pyridine rings is 1. The van der Waals surface area contributed by atoms with Crippen molar-refractivity contribution < 1.29 is 14.7 Å². The number of carbonyl (C=O) groups is 2. The molecule has 3 rings (SSSR count). The Morgan fingerprint density at radius 1 is 1.10 bits per heavy atom. The number of aromatic carboxylic acids is 1. The van der Waals surface area contributed by atoms with Gasteiger partial charge in [0, 0.05) is 36.6 Å². The van der Waals surface area contributed by atoms with Crippen molar-refractivity contribution >= 4 is 47.1 Å². The zero-order chi connectivity index (χ0) is 20.8. The zero-order valence-corrected chi connectivity index (χ0v) is 18.0. The van der Waals surface area contributed by atoms with Gasteiger partial charge in [-0.3, -0.25) is 9.78 Å². The molecule has 0 unspecified atom stereocenters. The summed E-state index contributed by atoms with van der Waals surface area (Å²) in [6.07, 6.45) is 0.750. The number of hydrogen-bond donors (Lipinski definition) is 2. The maximum absolute atomic E-state index is 11.1. The molecule has 3 aromatic rings. The summed E-state index contributed by atoms with van der Waals surface area (Å²) in [4.78, 5) is 26.6. The molecule has 0 aliphatic carbocycles. The molecular formula is C22H26ClN3O3. The Labute approximate surface area is 177 Å². The van der Waals surface area contributed by atoms with E-state index in [4.69, 9.17) is 5.11 Å². The van der Waals surface area contributed by atoms with Gasteiger partial charge in [-0.25, -0.2) is 4.79 Å². The van der Waals surface area contributed by atoms with E-state index in [9.17, 15) is 9.59 Å². The largest absolute Gasteiger partial charge is 0.478 e. The van der Waals surface area contributed by atoms with E-state index in [-0.39, 0.29) is 18.0 Å². The highest BCUT2D eigenvalue weighted by Gasteiger charge is 2.09. The average molecular weight is 416 g/mol. The monoisotopic (exact) mass is 415 g/mol. The second-order valence-corrected chi connectivity index (χ2v) is 6.87. The molecule has 6 nitrogen and oxygen atoms in total. The third-order valence-corrected chi connectivity index (χ3v) is 3.98. The van der Waals surface area contributed by atoms with Gasteiger partial charge >= 0.3 is 5.97 Å². The van der Waals surface area contributed by atoms with Crippen molar-refractivity contribution in [3.63, 3.8) is 0 Å². The smallest absolute Gasteiger partial charge is 0.335 e. The van der Waals surface area contributed by atoms with Gasteiger partial charge in [0.2, 0.25) is 6.41 Å². The number of rotatable bonds is 4. The Kier molecular flexibility index (Phi) is 8.60. The Balaban J connectivity index is 0.000000628. The van der Waals surface area contributed by atoms with Crippen LogP contribution in [-0.2, 0) is 4.79 Å².